The molecule has 14 heteroatoms. The van der Waals surface area contributed by atoms with Crippen LogP contribution < -0.4 is 15.4 Å². The van der Waals surface area contributed by atoms with E-state index in [0.29, 0.717) is 5.69 Å². The Labute approximate surface area is 180 Å². The van der Waals surface area contributed by atoms with Gasteiger partial charge in [-0.05, 0) is 40.8 Å². The molecule has 2 aromatic heterocycles. The van der Waals surface area contributed by atoms with E-state index in [0.717, 1.165) is 12.5 Å². The van der Waals surface area contributed by atoms with Gasteiger partial charge in [-0.15, -0.1) is 5.10 Å². The van der Waals surface area contributed by atoms with Crippen LogP contribution in [0.2, 0.25) is 0 Å². The molecule has 11 nitrogen and oxygen atoms in total. The van der Waals surface area contributed by atoms with Crippen molar-refractivity contribution in [3.05, 3.63) is 66.6 Å². The van der Waals surface area contributed by atoms with Gasteiger partial charge in [-0.25, -0.2) is 26.9 Å². The summed E-state index contributed by atoms with van der Waals surface area (Å²) in [5, 5.41) is 16.2. The predicted octanol–water partition coefficient (Wildman–Crippen LogP) is 2.59. The number of aromatic nitrogens is 6. The van der Waals surface area contributed by atoms with Crippen LogP contribution in [0.15, 0.2) is 55.0 Å². The third-order valence-corrected chi connectivity index (χ3v) is 4.62. The molecule has 32 heavy (non-hydrogen) atoms. The lowest BCUT2D eigenvalue weighted by Gasteiger charge is -2.14. The molecule has 0 radical (unpaired) electrons. The largest absolute Gasteiger partial charge is 0.336 e. The number of benzene rings is 2. The molecular formula is C18H15F2N9O2S. The van der Waals surface area contributed by atoms with E-state index in [9.17, 15) is 17.2 Å². The molecule has 0 unspecified atom stereocenters. The standard InChI is InChI=1S/C18H15F2N9O2S/c1-32(30,31)26-15-5-3-2-4-14(15)23-17-13(20)9-21-18(25-17)24-16-8-11(6-7-12(16)19)29-10-22-27-28-29/h2-10,26H,1H3,(H2,21,23,24,25). The van der Waals surface area contributed by atoms with Gasteiger partial charge < -0.3 is 10.6 Å². The molecule has 0 aliphatic carbocycles. The molecule has 2 aromatic carbocycles. The highest BCUT2D eigenvalue weighted by molar-refractivity contribution is 7.92. The Morgan fingerprint density at radius 1 is 0.969 bits per heavy atom. The summed E-state index contributed by atoms with van der Waals surface area (Å²) in [6.07, 6.45) is 3.23. The number of nitrogens with one attached hydrogen (secondary N) is 3. The Hall–Kier alpha value is -4.20. The number of tetrazole rings is 1. The van der Waals surface area contributed by atoms with Gasteiger partial charge in [0.05, 0.1) is 35.2 Å². The molecule has 4 rings (SSSR count). The van der Waals surface area contributed by atoms with E-state index in [1.165, 1.54) is 41.3 Å². The van der Waals surface area contributed by atoms with Crippen LogP contribution in [0.5, 0.6) is 0 Å². The van der Waals surface area contributed by atoms with E-state index in [4.69, 9.17) is 0 Å². The zero-order valence-electron chi connectivity index (χ0n) is 16.4. The lowest BCUT2D eigenvalue weighted by molar-refractivity contribution is 0.607. The SMILES string of the molecule is CS(=O)(=O)Nc1ccccc1Nc1nc(Nc2cc(-n3cnnn3)ccc2F)ncc1F. The first-order valence-electron chi connectivity index (χ1n) is 8.95. The molecule has 0 saturated heterocycles. The fraction of sp³-hybridized carbons (Fsp3) is 0.0556. The van der Waals surface area contributed by atoms with Crippen LogP contribution in [-0.4, -0.2) is 44.8 Å². The summed E-state index contributed by atoms with van der Waals surface area (Å²) in [6.45, 7) is 0. The maximum Gasteiger partial charge on any atom is 0.229 e. The van der Waals surface area contributed by atoms with Crippen LogP contribution in [0, 0.1) is 11.6 Å². The summed E-state index contributed by atoms with van der Waals surface area (Å²) in [5.41, 5.74) is 0.936. The number of hydrogen-bond acceptors (Lipinski definition) is 9. The second-order valence-electron chi connectivity index (χ2n) is 6.48. The first-order valence-corrected chi connectivity index (χ1v) is 10.8. The van der Waals surface area contributed by atoms with Gasteiger partial charge in [-0.2, -0.15) is 4.98 Å². The Morgan fingerprint density at radius 3 is 2.47 bits per heavy atom. The smallest absolute Gasteiger partial charge is 0.229 e. The highest BCUT2D eigenvalue weighted by atomic mass is 32.2. The molecular weight excluding hydrogens is 444 g/mol. The molecule has 0 fully saturated rings. The minimum Gasteiger partial charge on any atom is -0.336 e. The van der Waals surface area contributed by atoms with Crippen molar-refractivity contribution in [2.75, 3.05) is 21.6 Å². The van der Waals surface area contributed by atoms with Gasteiger partial charge in [0.15, 0.2) is 11.6 Å². The van der Waals surface area contributed by atoms with Gasteiger partial charge in [0.1, 0.15) is 12.1 Å². The third kappa shape index (κ3) is 4.92. The highest BCUT2D eigenvalue weighted by Gasteiger charge is 2.13. The summed E-state index contributed by atoms with van der Waals surface area (Å²) < 4.78 is 55.5. The number of halogens is 2. The molecule has 3 N–H and O–H groups in total. The van der Waals surface area contributed by atoms with Gasteiger partial charge in [0.25, 0.3) is 0 Å². The number of hydrogen-bond donors (Lipinski definition) is 3. The van der Waals surface area contributed by atoms with Crippen LogP contribution >= 0.6 is 0 Å². The quantitative estimate of drug-likeness (QED) is 0.380. The van der Waals surface area contributed by atoms with Crippen LogP contribution in [0.4, 0.5) is 37.6 Å². The lowest BCUT2D eigenvalue weighted by Crippen LogP contribution is -2.11. The van der Waals surface area contributed by atoms with Crippen molar-refractivity contribution in [2.24, 2.45) is 0 Å². The van der Waals surface area contributed by atoms with Crippen molar-refractivity contribution in [3.8, 4) is 5.69 Å². The van der Waals surface area contributed by atoms with E-state index in [2.05, 4.69) is 40.8 Å². The zero-order chi connectivity index (χ0) is 22.7. The number of para-hydroxylation sites is 2. The molecule has 0 aliphatic rings. The highest BCUT2D eigenvalue weighted by Crippen LogP contribution is 2.27. The average Bonchev–Trinajstić information content (AvgIpc) is 3.27. The maximum atomic E-state index is 14.3. The van der Waals surface area contributed by atoms with Crippen LogP contribution in [0.3, 0.4) is 0 Å². The molecule has 0 amide bonds. The second-order valence-corrected chi connectivity index (χ2v) is 8.23. The van der Waals surface area contributed by atoms with Crippen molar-refractivity contribution in [1.82, 2.24) is 30.2 Å². The van der Waals surface area contributed by atoms with Crippen molar-refractivity contribution in [1.29, 1.82) is 0 Å². The Bertz CT molecular complexity index is 1360. The molecule has 0 aliphatic heterocycles. The summed E-state index contributed by atoms with van der Waals surface area (Å²) >= 11 is 0. The van der Waals surface area contributed by atoms with Gasteiger partial charge in [-0.3, -0.25) is 4.72 Å². The minimum absolute atomic E-state index is 0.00898. The summed E-state index contributed by atoms with van der Waals surface area (Å²) in [6, 6.07) is 10.4. The predicted molar refractivity (Wildman–Crippen MR) is 113 cm³/mol. The molecule has 0 atom stereocenters. The Balaban J connectivity index is 1.62. The van der Waals surface area contributed by atoms with Crippen LogP contribution in [0.1, 0.15) is 0 Å². The van der Waals surface area contributed by atoms with E-state index in [1.807, 2.05) is 0 Å². The molecule has 0 saturated carbocycles. The van der Waals surface area contributed by atoms with Crippen LogP contribution in [-0.2, 0) is 10.0 Å². The third-order valence-electron chi connectivity index (χ3n) is 4.03. The molecule has 0 spiro atoms. The van der Waals surface area contributed by atoms with E-state index < -0.39 is 21.7 Å². The number of rotatable bonds is 7. The fourth-order valence-corrected chi connectivity index (χ4v) is 3.25. The molecule has 4 aromatic rings. The van der Waals surface area contributed by atoms with Gasteiger partial charge in [0, 0.05) is 0 Å². The van der Waals surface area contributed by atoms with Crippen molar-refractivity contribution in [2.45, 2.75) is 0 Å². The van der Waals surface area contributed by atoms with Crippen molar-refractivity contribution in [3.63, 3.8) is 0 Å². The topological polar surface area (TPSA) is 140 Å². The fourth-order valence-electron chi connectivity index (χ4n) is 2.68. The second kappa shape index (κ2) is 8.50. The Kier molecular flexibility index (Phi) is 5.59. The van der Waals surface area contributed by atoms with Crippen molar-refractivity contribution < 1.29 is 17.2 Å². The van der Waals surface area contributed by atoms with Gasteiger partial charge >= 0.3 is 0 Å². The Morgan fingerprint density at radius 2 is 1.75 bits per heavy atom. The van der Waals surface area contributed by atoms with E-state index in [-0.39, 0.29) is 28.8 Å². The lowest BCUT2D eigenvalue weighted by atomic mass is 10.2. The normalized spacial score (nSPS) is 11.2. The first kappa shape index (κ1) is 21.0. The zero-order valence-corrected chi connectivity index (χ0v) is 17.2. The molecule has 2 heterocycles. The van der Waals surface area contributed by atoms with Gasteiger partial charge in [0.2, 0.25) is 16.0 Å². The monoisotopic (exact) mass is 459 g/mol. The molecule has 164 valence electrons. The van der Waals surface area contributed by atoms with Crippen molar-refractivity contribution >= 4 is 38.9 Å². The number of anilines is 5. The first-order chi connectivity index (χ1) is 15.3. The van der Waals surface area contributed by atoms with E-state index >= 15 is 0 Å². The summed E-state index contributed by atoms with van der Waals surface area (Å²) in [5.74, 6) is -1.75. The van der Waals surface area contributed by atoms with Gasteiger partial charge in [-0.1, -0.05) is 12.1 Å². The van der Waals surface area contributed by atoms with Crippen LogP contribution in [0.25, 0.3) is 5.69 Å². The average molecular weight is 459 g/mol. The number of sulfonamides is 1. The minimum atomic E-state index is -3.56. The molecule has 0 bridgehead atoms. The number of nitrogens with zero attached hydrogens (tertiary/aromatic N) is 6. The maximum absolute atomic E-state index is 14.3. The summed E-state index contributed by atoms with van der Waals surface area (Å²) in [7, 11) is -3.56. The summed E-state index contributed by atoms with van der Waals surface area (Å²) in [4.78, 5) is 7.86. The van der Waals surface area contributed by atoms with E-state index in [1.54, 1.807) is 12.1 Å².